The van der Waals surface area contributed by atoms with E-state index in [4.69, 9.17) is 13.9 Å². The topological polar surface area (TPSA) is 129 Å². The zero-order chi connectivity index (χ0) is 24.3. The van der Waals surface area contributed by atoms with Gasteiger partial charge >= 0.3 is 0 Å². The summed E-state index contributed by atoms with van der Waals surface area (Å²) in [6, 6.07) is 8.55. The maximum Gasteiger partial charge on any atom is 0.243 e. The number of nitrogens with one attached hydrogen (secondary N) is 1. The molecule has 0 radical (unpaired) electrons. The van der Waals surface area contributed by atoms with Crippen LogP contribution < -0.4 is 14.2 Å². The van der Waals surface area contributed by atoms with Crippen molar-refractivity contribution in [1.82, 2.24) is 19.7 Å². The number of hydrogen-bond donors (Lipinski definition) is 1. The summed E-state index contributed by atoms with van der Waals surface area (Å²) in [6.07, 6.45) is 3.59. The number of piperidine rings is 1. The predicted octanol–water partition coefficient (Wildman–Crippen LogP) is 2.69. The zero-order valence-corrected chi connectivity index (χ0v) is 20.0. The van der Waals surface area contributed by atoms with Crippen LogP contribution >= 0.6 is 0 Å². The molecule has 3 heterocycles. The third-order valence-electron chi connectivity index (χ3n) is 5.74. The number of ether oxygens (including phenoxy) is 2. The molecule has 182 valence electrons. The number of benzene rings is 1. The first kappa shape index (κ1) is 23.6. The molecule has 1 saturated heterocycles. The lowest BCUT2D eigenvalue weighted by molar-refractivity contribution is -0.135. The van der Waals surface area contributed by atoms with Crippen molar-refractivity contribution in [3.8, 4) is 28.8 Å². The predicted molar refractivity (Wildman–Crippen MR) is 125 cm³/mol. The molecule has 1 atom stereocenters. The van der Waals surface area contributed by atoms with E-state index < -0.39 is 10.0 Å². The Bertz CT molecular complexity index is 1230. The van der Waals surface area contributed by atoms with Crippen LogP contribution in [-0.4, -0.2) is 66.5 Å². The second kappa shape index (κ2) is 9.75. The molecular formula is C22H27N5O6S. The molecule has 1 aliphatic rings. The lowest BCUT2D eigenvalue weighted by Crippen LogP contribution is -2.44. The monoisotopic (exact) mass is 489 g/mol. The normalized spacial score (nSPS) is 16.5. The summed E-state index contributed by atoms with van der Waals surface area (Å²) in [5, 5.41) is 8.24. The fraction of sp³-hybridized carbons (Fsp3) is 0.409. The molecule has 0 aliphatic carbocycles. The Kier molecular flexibility index (Phi) is 6.77. The Labute approximate surface area is 197 Å². The molecule has 0 saturated carbocycles. The van der Waals surface area contributed by atoms with Crippen molar-refractivity contribution < 1.29 is 27.1 Å². The number of methoxy groups -OCH3 is 2. The number of likely N-dealkylation sites (tertiary alicyclic amines) is 1. The third-order valence-corrected chi connectivity index (χ3v) is 6.96. The number of furan rings is 1. The van der Waals surface area contributed by atoms with Gasteiger partial charge in [0, 0.05) is 19.0 Å². The molecule has 2 aromatic heterocycles. The van der Waals surface area contributed by atoms with Crippen molar-refractivity contribution in [3.63, 3.8) is 0 Å². The highest BCUT2D eigenvalue weighted by atomic mass is 32.2. The second-order valence-corrected chi connectivity index (χ2v) is 9.76. The van der Waals surface area contributed by atoms with E-state index in [9.17, 15) is 13.2 Å². The Balaban J connectivity index is 1.70. The first-order chi connectivity index (χ1) is 16.3. The SMILES string of the molecule is COc1cccc(OC)c1-n1c(NS(=O)(=O)CCN2C(=O)CCC[C@H]2C)nnc1-c1ccco1. The smallest absolute Gasteiger partial charge is 0.243 e. The van der Waals surface area contributed by atoms with E-state index in [1.54, 1.807) is 35.2 Å². The van der Waals surface area contributed by atoms with Gasteiger partial charge in [0.05, 0.1) is 26.2 Å². The largest absolute Gasteiger partial charge is 0.494 e. The summed E-state index contributed by atoms with van der Waals surface area (Å²) in [4.78, 5) is 13.9. The van der Waals surface area contributed by atoms with E-state index in [1.165, 1.54) is 25.0 Å². The number of anilines is 1. The zero-order valence-electron chi connectivity index (χ0n) is 19.2. The highest BCUT2D eigenvalue weighted by Crippen LogP contribution is 2.37. The summed E-state index contributed by atoms with van der Waals surface area (Å²) in [6.45, 7) is 2.02. The minimum atomic E-state index is -3.89. The Morgan fingerprint density at radius 3 is 2.50 bits per heavy atom. The molecule has 34 heavy (non-hydrogen) atoms. The Morgan fingerprint density at radius 1 is 1.15 bits per heavy atom. The molecule has 12 heteroatoms. The fourth-order valence-corrected chi connectivity index (χ4v) is 4.98. The van der Waals surface area contributed by atoms with Crippen LogP contribution in [-0.2, 0) is 14.8 Å². The van der Waals surface area contributed by atoms with E-state index in [1.807, 2.05) is 6.92 Å². The molecule has 1 aliphatic heterocycles. The molecular weight excluding hydrogens is 462 g/mol. The minimum absolute atomic E-state index is 0.00324. The van der Waals surface area contributed by atoms with Crippen molar-refractivity contribution in [1.29, 1.82) is 0 Å². The number of carbonyl (C=O) groups is 1. The Morgan fingerprint density at radius 2 is 1.88 bits per heavy atom. The molecule has 0 unspecified atom stereocenters. The van der Waals surface area contributed by atoms with Crippen LogP contribution in [0.15, 0.2) is 41.0 Å². The number of nitrogens with zero attached hydrogens (tertiary/aromatic N) is 4. The maximum absolute atomic E-state index is 13.0. The number of rotatable bonds is 9. The Hall–Kier alpha value is -3.54. The molecule has 1 amide bonds. The summed E-state index contributed by atoms with van der Waals surface area (Å²) in [5.41, 5.74) is 0.404. The van der Waals surface area contributed by atoms with Crippen LogP contribution in [0.2, 0.25) is 0 Å². The minimum Gasteiger partial charge on any atom is -0.494 e. The summed E-state index contributed by atoms with van der Waals surface area (Å²) in [7, 11) is -0.894. The van der Waals surface area contributed by atoms with E-state index in [-0.39, 0.29) is 36.0 Å². The molecule has 1 aromatic carbocycles. The fourth-order valence-electron chi connectivity index (χ4n) is 4.03. The van der Waals surface area contributed by atoms with Crippen molar-refractivity contribution in [2.24, 2.45) is 0 Å². The first-order valence-electron chi connectivity index (χ1n) is 10.8. The van der Waals surface area contributed by atoms with Crippen LogP contribution in [0.25, 0.3) is 17.3 Å². The van der Waals surface area contributed by atoms with Gasteiger partial charge in [0.1, 0.15) is 17.2 Å². The number of para-hydroxylation sites is 1. The first-order valence-corrected chi connectivity index (χ1v) is 12.5. The summed E-state index contributed by atoms with van der Waals surface area (Å²) in [5.74, 6) is 1.09. The van der Waals surface area contributed by atoms with Gasteiger partial charge in [-0.05, 0) is 44.0 Å². The van der Waals surface area contributed by atoms with Gasteiger partial charge in [-0.3, -0.25) is 14.1 Å². The lowest BCUT2D eigenvalue weighted by Gasteiger charge is -2.33. The van der Waals surface area contributed by atoms with Crippen molar-refractivity contribution in [3.05, 3.63) is 36.6 Å². The van der Waals surface area contributed by atoms with Crippen LogP contribution in [0.4, 0.5) is 5.95 Å². The van der Waals surface area contributed by atoms with Crippen LogP contribution in [0, 0.1) is 0 Å². The number of carbonyl (C=O) groups excluding carboxylic acids is 1. The molecule has 4 rings (SSSR count). The van der Waals surface area contributed by atoms with Gasteiger partial charge in [0.2, 0.25) is 27.7 Å². The average Bonchev–Trinajstić information content (AvgIpc) is 3.47. The van der Waals surface area contributed by atoms with Crippen LogP contribution in [0.5, 0.6) is 11.5 Å². The molecule has 1 N–H and O–H groups in total. The van der Waals surface area contributed by atoms with Gasteiger partial charge in [-0.15, -0.1) is 10.2 Å². The third kappa shape index (κ3) is 4.72. The van der Waals surface area contributed by atoms with Crippen molar-refractivity contribution >= 4 is 21.9 Å². The maximum atomic E-state index is 13.0. The highest BCUT2D eigenvalue weighted by Gasteiger charge is 2.29. The standard InChI is InChI=1S/C22H27N5O6S/c1-15-7-4-11-19(28)26(15)12-14-34(29,30)25-22-24-23-21(18-10-6-13-33-18)27(22)20-16(31-2)8-5-9-17(20)32-3/h5-6,8-10,13,15H,4,7,11-12,14H2,1-3H3,(H,24,25)/t15-/m1/s1. The van der Waals surface area contributed by atoms with Crippen LogP contribution in [0.3, 0.4) is 0 Å². The van der Waals surface area contributed by atoms with E-state index in [0.717, 1.165) is 12.8 Å². The summed E-state index contributed by atoms with van der Waals surface area (Å²) < 4.78 is 46.6. The van der Waals surface area contributed by atoms with Gasteiger partial charge in [-0.25, -0.2) is 8.42 Å². The van der Waals surface area contributed by atoms with E-state index in [0.29, 0.717) is 29.4 Å². The molecule has 3 aromatic rings. The van der Waals surface area contributed by atoms with Crippen molar-refractivity contribution in [2.75, 3.05) is 31.2 Å². The number of aromatic nitrogens is 3. The summed E-state index contributed by atoms with van der Waals surface area (Å²) >= 11 is 0. The van der Waals surface area contributed by atoms with Crippen LogP contribution in [0.1, 0.15) is 26.2 Å². The van der Waals surface area contributed by atoms with Gasteiger partial charge in [0.25, 0.3) is 0 Å². The molecule has 11 nitrogen and oxygen atoms in total. The highest BCUT2D eigenvalue weighted by molar-refractivity contribution is 7.92. The average molecular weight is 490 g/mol. The van der Waals surface area contributed by atoms with Gasteiger partial charge < -0.3 is 18.8 Å². The quantitative estimate of drug-likeness (QED) is 0.486. The second-order valence-electron chi connectivity index (χ2n) is 7.92. The molecule has 0 bridgehead atoms. The van der Waals surface area contributed by atoms with Gasteiger partial charge in [-0.2, -0.15) is 0 Å². The van der Waals surface area contributed by atoms with Gasteiger partial charge in [-0.1, -0.05) is 6.07 Å². The molecule has 1 fully saturated rings. The van der Waals surface area contributed by atoms with E-state index in [2.05, 4.69) is 14.9 Å². The van der Waals surface area contributed by atoms with E-state index >= 15 is 0 Å². The van der Waals surface area contributed by atoms with Crippen molar-refractivity contribution in [2.45, 2.75) is 32.2 Å². The van der Waals surface area contributed by atoms with Gasteiger partial charge in [0.15, 0.2) is 5.76 Å². The number of hydrogen-bond acceptors (Lipinski definition) is 8. The molecule has 0 spiro atoms. The lowest BCUT2D eigenvalue weighted by atomic mass is 10.0. The number of amides is 1. The number of sulfonamides is 1.